The quantitative estimate of drug-likeness (QED) is 0.131. The van der Waals surface area contributed by atoms with Crippen LogP contribution in [0.25, 0.3) is 72.1 Å². The van der Waals surface area contributed by atoms with Gasteiger partial charge in [0.2, 0.25) is 0 Å². The van der Waals surface area contributed by atoms with Gasteiger partial charge in [-0.3, -0.25) is 4.98 Å². The number of fused-ring (bicyclic) bond motifs is 5. The summed E-state index contributed by atoms with van der Waals surface area (Å²) < 4.78 is 31.9. The molecule has 6 aromatic carbocycles. The fourth-order valence-corrected chi connectivity index (χ4v) is 8.38. The number of hydrogen-bond acceptors (Lipinski definition) is 3. The number of benzene rings is 6. The van der Waals surface area contributed by atoms with Gasteiger partial charge in [-0.2, -0.15) is 0 Å². The zero-order chi connectivity index (χ0) is 36.0. The van der Waals surface area contributed by atoms with Crippen LogP contribution in [0.4, 0.5) is 0 Å². The van der Waals surface area contributed by atoms with Crippen molar-refractivity contribution in [2.24, 2.45) is 0 Å². The topological polar surface area (TPSA) is 43.9 Å². The first-order valence-corrected chi connectivity index (χ1v) is 23.7. The second kappa shape index (κ2) is 13.8. The smallest absolute Gasteiger partial charge is 0.120 e. The van der Waals surface area contributed by atoms with Crippen LogP contribution in [0, 0.1) is 19.0 Å². The van der Waals surface area contributed by atoms with Crippen LogP contribution < -0.4 is 4.40 Å². The molecule has 6 heteroatoms. The minimum absolute atomic E-state index is 0. The molecule has 1 radical (unpaired) electrons. The third kappa shape index (κ3) is 6.45. The maximum atomic E-state index is 7.35. The minimum Gasteiger partial charge on any atom is -0.501 e. The predicted molar refractivity (Wildman–Crippen MR) is 206 cm³/mol. The Bertz CT molecular complexity index is 2660. The van der Waals surface area contributed by atoms with E-state index in [0.717, 1.165) is 61.3 Å². The Labute approximate surface area is 312 Å². The van der Waals surface area contributed by atoms with Crippen molar-refractivity contribution in [3.63, 3.8) is 0 Å². The molecule has 3 aromatic heterocycles. The number of furan rings is 1. The van der Waals surface area contributed by atoms with E-state index in [9.17, 15) is 0 Å². The SMILES string of the molecule is [2H]C([2H])([2H])c1c[c-]c(-c2cc[c]([Ge]([CH3])([CH3])[CH3])cn2)cc1.[Ir].[c-]1ccc2c(oc3ccccc32)c1-c1nc2ccccc2n1-c1ccc2ccccc2c1. The van der Waals surface area contributed by atoms with E-state index in [-0.39, 0.29) is 20.1 Å². The zero-order valence-electron chi connectivity index (χ0n) is 30.9. The molecule has 9 rings (SSSR count). The first-order valence-electron chi connectivity index (χ1n) is 17.8. The molecule has 9 aromatic rings. The van der Waals surface area contributed by atoms with E-state index in [0.29, 0.717) is 5.56 Å². The summed E-state index contributed by atoms with van der Waals surface area (Å²) in [7, 11) is 0. The van der Waals surface area contributed by atoms with Gasteiger partial charge < -0.3 is 8.98 Å². The Morgan fingerprint density at radius 3 is 2.34 bits per heavy atom. The number of nitrogens with zero attached hydrogens (tertiary/aromatic N) is 3. The first kappa shape index (κ1) is 30.1. The van der Waals surface area contributed by atoms with Crippen molar-refractivity contribution in [3.05, 3.63) is 157 Å². The van der Waals surface area contributed by atoms with E-state index < -0.39 is 20.1 Å². The van der Waals surface area contributed by atoms with Gasteiger partial charge in [0.25, 0.3) is 0 Å². The number of imidazole rings is 1. The molecule has 0 spiro atoms. The Balaban J connectivity index is 0.000000180. The van der Waals surface area contributed by atoms with E-state index in [2.05, 4.69) is 118 Å². The molecule has 0 aliphatic rings. The van der Waals surface area contributed by atoms with Crippen LogP contribution in [0.5, 0.6) is 0 Å². The molecule has 0 bridgehead atoms. The van der Waals surface area contributed by atoms with E-state index in [1.54, 1.807) is 12.1 Å². The molecule has 3 heterocycles. The van der Waals surface area contributed by atoms with Gasteiger partial charge in [0.1, 0.15) is 5.58 Å². The van der Waals surface area contributed by atoms with Crippen molar-refractivity contribution < 1.29 is 28.6 Å². The summed E-state index contributed by atoms with van der Waals surface area (Å²) in [4.78, 5) is 9.51. The van der Waals surface area contributed by atoms with Crippen LogP contribution in [-0.2, 0) is 20.1 Å². The monoisotopic (exact) mass is 891 g/mol. The number of para-hydroxylation sites is 3. The van der Waals surface area contributed by atoms with E-state index >= 15 is 0 Å². The Morgan fingerprint density at radius 1 is 0.760 bits per heavy atom. The number of aryl methyl sites for hydroxylation is 1. The molecule has 0 aliphatic carbocycles. The molecule has 4 nitrogen and oxygen atoms in total. The summed E-state index contributed by atoms with van der Waals surface area (Å²) in [5.41, 5.74) is 7.57. The summed E-state index contributed by atoms with van der Waals surface area (Å²) >= 11 is -1.83. The van der Waals surface area contributed by atoms with Gasteiger partial charge in [0, 0.05) is 31.2 Å². The first-order chi connectivity index (χ1) is 25.0. The standard InChI is InChI=1S/C29H17N2O.C15H18GeN.Ir/c1-2-9-20-18-21(17-16-19(20)8-1)31-26-14-5-4-13-25(26)30-29(31)24-12-7-11-23-22-10-3-6-15-27(22)32-28(23)24;1-12-5-7-13(8-6-12)15-10-9-14(11-17-15)16(2,3)4;/h1-11,13-18H;5-7,9-11H,1-4H3;/q2*-1;/i;1D3;. The molecule has 0 saturated carbocycles. The minimum atomic E-state index is -2.08. The number of hydrogen-bond donors (Lipinski definition) is 0. The summed E-state index contributed by atoms with van der Waals surface area (Å²) in [6.07, 6.45) is 1.95. The Hall–Kier alpha value is -4.81. The van der Waals surface area contributed by atoms with Crippen molar-refractivity contribution in [3.8, 4) is 28.3 Å². The van der Waals surface area contributed by atoms with Crippen LogP contribution >= 0.6 is 0 Å². The molecule has 50 heavy (non-hydrogen) atoms. The molecule has 0 saturated heterocycles. The van der Waals surface area contributed by atoms with Crippen LogP contribution in [0.1, 0.15) is 9.68 Å². The van der Waals surface area contributed by atoms with E-state index in [4.69, 9.17) is 13.5 Å². The largest absolute Gasteiger partial charge is 0.501 e. The van der Waals surface area contributed by atoms with Gasteiger partial charge in [-0.15, -0.1) is 18.2 Å². The average molecular weight is 890 g/mol. The van der Waals surface area contributed by atoms with Crippen molar-refractivity contribution in [1.29, 1.82) is 0 Å². The summed E-state index contributed by atoms with van der Waals surface area (Å²) in [5.74, 6) is 7.81. The maximum absolute atomic E-state index is 7.35. The van der Waals surface area contributed by atoms with Crippen molar-refractivity contribution in [1.82, 2.24) is 14.5 Å². The number of rotatable bonds is 4. The van der Waals surface area contributed by atoms with Crippen LogP contribution in [0.2, 0.25) is 17.3 Å². The van der Waals surface area contributed by atoms with Gasteiger partial charge in [-0.25, -0.2) is 0 Å². The predicted octanol–water partition coefficient (Wildman–Crippen LogP) is 10.9. The van der Waals surface area contributed by atoms with Gasteiger partial charge in [0.15, 0.2) is 0 Å². The molecular formula is C44H35GeIrN3O-2. The summed E-state index contributed by atoms with van der Waals surface area (Å²) in [6, 6.07) is 50.8. The van der Waals surface area contributed by atoms with Crippen molar-refractivity contribution in [2.75, 3.05) is 0 Å². The van der Waals surface area contributed by atoms with Gasteiger partial charge in [0.05, 0.1) is 22.4 Å². The zero-order valence-corrected chi connectivity index (χ0v) is 32.4. The van der Waals surface area contributed by atoms with Gasteiger partial charge in [-0.1, -0.05) is 71.6 Å². The second-order valence-corrected chi connectivity index (χ2v) is 23.8. The number of pyridine rings is 1. The normalized spacial score (nSPS) is 12.6. The van der Waals surface area contributed by atoms with Crippen LogP contribution in [-0.4, -0.2) is 27.8 Å². The molecule has 247 valence electrons. The summed E-state index contributed by atoms with van der Waals surface area (Å²) in [5, 5.41) is 4.59. The third-order valence-electron chi connectivity index (χ3n) is 8.83. The van der Waals surface area contributed by atoms with Gasteiger partial charge in [-0.05, 0) is 41.1 Å². The molecule has 0 aliphatic heterocycles. The Morgan fingerprint density at radius 2 is 1.56 bits per heavy atom. The van der Waals surface area contributed by atoms with Crippen LogP contribution in [0.15, 0.2) is 144 Å². The molecular weight excluding hydrogens is 851 g/mol. The molecule has 0 N–H and O–H groups in total. The molecule has 0 atom stereocenters. The fourth-order valence-electron chi connectivity index (χ4n) is 6.21. The third-order valence-corrected chi connectivity index (χ3v) is 13.1. The molecule has 0 unspecified atom stereocenters. The second-order valence-electron chi connectivity index (χ2n) is 13.2. The molecule has 0 amide bonds. The Kier molecular flexibility index (Phi) is 8.32. The maximum Gasteiger partial charge on any atom is 0.120 e. The van der Waals surface area contributed by atoms with Crippen molar-refractivity contribution in [2.45, 2.75) is 24.1 Å². The van der Waals surface area contributed by atoms with E-state index in [1.807, 2.05) is 42.6 Å². The van der Waals surface area contributed by atoms with Gasteiger partial charge >= 0.3 is 110 Å². The van der Waals surface area contributed by atoms with E-state index in [1.165, 1.54) is 21.2 Å². The number of aromatic nitrogens is 3. The van der Waals surface area contributed by atoms with Crippen molar-refractivity contribution >= 4 is 61.4 Å². The van der Waals surface area contributed by atoms with Crippen LogP contribution in [0.3, 0.4) is 0 Å². The molecule has 0 fully saturated rings. The fraction of sp³-hybridized carbons (Fsp3) is 0.0909. The average Bonchev–Trinajstić information content (AvgIpc) is 3.73. The summed E-state index contributed by atoms with van der Waals surface area (Å²) in [6.45, 7) is -2.08.